The van der Waals surface area contributed by atoms with E-state index in [1.807, 2.05) is 30.3 Å². The van der Waals surface area contributed by atoms with Crippen molar-refractivity contribution in [3.8, 4) is 5.75 Å². The van der Waals surface area contributed by atoms with Crippen molar-refractivity contribution in [3.63, 3.8) is 0 Å². The first-order valence-corrected chi connectivity index (χ1v) is 8.76. The van der Waals surface area contributed by atoms with Gasteiger partial charge in [-0.15, -0.1) is 0 Å². The highest BCUT2D eigenvalue weighted by Crippen LogP contribution is 2.36. The van der Waals surface area contributed by atoms with Gasteiger partial charge in [-0.2, -0.15) is 5.10 Å². The van der Waals surface area contributed by atoms with Crippen LogP contribution in [0.1, 0.15) is 30.4 Å². The molecule has 3 rings (SSSR count). The van der Waals surface area contributed by atoms with Crippen molar-refractivity contribution in [2.24, 2.45) is 10.8 Å². The third-order valence-corrected chi connectivity index (χ3v) is 4.32. The van der Waals surface area contributed by atoms with E-state index in [4.69, 9.17) is 22.4 Å². The van der Waals surface area contributed by atoms with Crippen LogP contribution in [0.4, 0.5) is 0 Å². The molecule has 0 saturated heterocycles. The third kappa shape index (κ3) is 4.15. The van der Waals surface area contributed by atoms with Gasteiger partial charge in [0.1, 0.15) is 11.3 Å². The maximum absolute atomic E-state index is 12.7. The highest BCUT2D eigenvalue weighted by Gasteiger charge is 2.25. The van der Waals surface area contributed by atoms with Gasteiger partial charge in [-0.3, -0.25) is 5.43 Å². The van der Waals surface area contributed by atoms with Gasteiger partial charge in [-0.25, -0.2) is 4.79 Å². The monoisotopic (exact) mass is 381 g/mol. The molecule has 27 heavy (non-hydrogen) atoms. The number of benzene rings is 2. The summed E-state index contributed by atoms with van der Waals surface area (Å²) in [6.07, 6.45) is 0.371. The standard InChI is InChI=1S/C20H19N3O3S/c1-12(22-23-20(21)27)11-15(13-7-3-2-4-8-13)17-18(24)14-9-5-6-10-16(14)26-19(17)25/h2-10,15,24H,11H2,1H3,(H3,21,23,27)/b22-12-/t15-/m0/s1. The van der Waals surface area contributed by atoms with Gasteiger partial charge in [0.15, 0.2) is 5.11 Å². The molecule has 0 radical (unpaired) electrons. The summed E-state index contributed by atoms with van der Waals surface area (Å²) < 4.78 is 5.44. The number of hydrogen-bond acceptors (Lipinski definition) is 5. The maximum atomic E-state index is 12.7. The first-order valence-electron chi connectivity index (χ1n) is 8.35. The molecule has 6 nitrogen and oxygen atoms in total. The Balaban J connectivity index is 2.14. The molecule has 0 saturated carbocycles. The summed E-state index contributed by atoms with van der Waals surface area (Å²) in [4.78, 5) is 12.7. The van der Waals surface area contributed by atoms with Gasteiger partial charge in [0, 0.05) is 11.6 Å². The number of para-hydroxylation sites is 1. The number of rotatable bonds is 5. The molecule has 0 aliphatic rings. The number of hydrazone groups is 1. The highest BCUT2D eigenvalue weighted by molar-refractivity contribution is 7.80. The first-order chi connectivity index (χ1) is 13.0. The molecule has 0 fully saturated rings. The van der Waals surface area contributed by atoms with Crippen molar-refractivity contribution < 1.29 is 9.52 Å². The second-order valence-corrected chi connectivity index (χ2v) is 6.58. The molecule has 0 aliphatic carbocycles. The van der Waals surface area contributed by atoms with E-state index in [0.29, 0.717) is 23.1 Å². The number of nitrogens with zero attached hydrogens (tertiary/aromatic N) is 1. The normalized spacial score (nSPS) is 12.7. The van der Waals surface area contributed by atoms with E-state index in [-0.39, 0.29) is 16.4 Å². The van der Waals surface area contributed by atoms with Gasteiger partial charge in [-0.1, -0.05) is 42.5 Å². The Morgan fingerprint density at radius 3 is 2.59 bits per heavy atom. The number of nitrogens with one attached hydrogen (secondary N) is 1. The molecule has 2 aromatic carbocycles. The van der Waals surface area contributed by atoms with Crippen molar-refractivity contribution in [2.75, 3.05) is 0 Å². The van der Waals surface area contributed by atoms with E-state index in [2.05, 4.69) is 10.5 Å². The molecular formula is C20H19N3O3S. The quantitative estimate of drug-likeness (QED) is 0.271. The summed E-state index contributed by atoms with van der Waals surface area (Å²) in [5.41, 5.74) is 9.46. The van der Waals surface area contributed by atoms with Crippen LogP contribution in [0.5, 0.6) is 5.75 Å². The van der Waals surface area contributed by atoms with Gasteiger partial charge in [0.25, 0.3) is 0 Å². The molecule has 138 valence electrons. The van der Waals surface area contributed by atoms with Crippen molar-refractivity contribution in [1.82, 2.24) is 5.43 Å². The minimum atomic E-state index is -0.574. The van der Waals surface area contributed by atoms with Crippen LogP contribution in [0.25, 0.3) is 11.0 Å². The number of aromatic hydroxyl groups is 1. The number of hydrogen-bond donors (Lipinski definition) is 3. The average molecular weight is 381 g/mol. The molecule has 0 amide bonds. The van der Waals surface area contributed by atoms with E-state index in [9.17, 15) is 9.90 Å². The number of nitrogens with two attached hydrogens (primary N) is 1. The van der Waals surface area contributed by atoms with E-state index >= 15 is 0 Å². The molecule has 0 bridgehead atoms. The predicted octanol–water partition coefficient (Wildman–Crippen LogP) is 3.23. The van der Waals surface area contributed by atoms with Gasteiger partial charge in [0.2, 0.25) is 0 Å². The Hall–Kier alpha value is -3.19. The van der Waals surface area contributed by atoms with Crippen molar-refractivity contribution in [3.05, 3.63) is 76.1 Å². The van der Waals surface area contributed by atoms with Crippen LogP contribution >= 0.6 is 12.2 Å². The van der Waals surface area contributed by atoms with Crippen LogP contribution in [0.2, 0.25) is 0 Å². The molecular weight excluding hydrogens is 362 g/mol. The fourth-order valence-electron chi connectivity index (χ4n) is 3.02. The van der Waals surface area contributed by atoms with Gasteiger partial charge >= 0.3 is 5.63 Å². The minimum absolute atomic E-state index is 0.0543. The fraction of sp³-hybridized carbons (Fsp3) is 0.150. The third-order valence-electron chi connectivity index (χ3n) is 4.23. The van der Waals surface area contributed by atoms with Crippen LogP contribution in [0, 0.1) is 0 Å². The lowest BCUT2D eigenvalue weighted by Gasteiger charge is -2.18. The summed E-state index contributed by atoms with van der Waals surface area (Å²) in [5.74, 6) is -0.519. The van der Waals surface area contributed by atoms with Gasteiger partial charge in [0.05, 0.1) is 10.9 Å². The van der Waals surface area contributed by atoms with Gasteiger partial charge < -0.3 is 15.3 Å². The first kappa shape index (κ1) is 18.6. The Labute approximate surface area is 161 Å². The lowest BCUT2D eigenvalue weighted by molar-refractivity contribution is 0.452. The minimum Gasteiger partial charge on any atom is -0.507 e. The predicted molar refractivity (Wildman–Crippen MR) is 110 cm³/mol. The van der Waals surface area contributed by atoms with Crippen LogP contribution in [0.15, 0.2) is 68.9 Å². The Kier molecular flexibility index (Phi) is 5.52. The van der Waals surface area contributed by atoms with Crippen LogP contribution in [0.3, 0.4) is 0 Å². The number of fused-ring (bicyclic) bond motifs is 1. The zero-order valence-electron chi connectivity index (χ0n) is 14.7. The second kappa shape index (κ2) is 8.01. The summed E-state index contributed by atoms with van der Waals surface area (Å²) in [5, 5.41) is 15.5. The molecule has 7 heteroatoms. The zero-order valence-corrected chi connectivity index (χ0v) is 15.5. The maximum Gasteiger partial charge on any atom is 0.343 e. The molecule has 4 N–H and O–H groups in total. The van der Waals surface area contributed by atoms with Crippen LogP contribution < -0.4 is 16.8 Å². The molecule has 0 aliphatic heterocycles. The van der Waals surface area contributed by atoms with Crippen LogP contribution in [-0.2, 0) is 0 Å². The molecule has 1 atom stereocenters. The summed E-state index contributed by atoms with van der Waals surface area (Å²) in [7, 11) is 0. The highest BCUT2D eigenvalue weighted by atomic mass is 32.1. The Morgan fingerprint density at radius 1 is 1.22 bits per heavy atom. The fourth-order valence-corrected chi connectivity index (χ4v) is 3.06. The average Bonchev–Trinajstić information content (AvgIpc) is 2.66. The molecule has 0 spiro atoms. The molecule has 0 unspecified atom stereocenters. The van der Waals surface area contributed by atoms with Crippen molar-refractivity contribution in [1.29, 1.82) is 0 Å². The van der Waals surface area contributed by atoms with Gasteiger partial charge in [-0.05, 0) is 43.3 Å². The summed E-state index contributed by atoms with van der Waals surface area (Å²) in [6.45, 7) is 1.79. The topological polar surface area (TPSA) is 101 Å². The molecule has 1 heterocycles. The number of thiocarbonyl (C=S) groups is 1. The Morgan fingerprint density at radius 2 is 1.89 bits per heavy atom. The van der Waals surface area contributed by atoms with Crippen molar-refractivity contribution >= 4 is 34.0 Å². The van der Waals surface area contributed by atoms with E-state index in [1.54, 1.807) is 31.2 Å². The second-order valence-electron chi connectivity index (χ2n) is 6.14. The van der Waals surface area contributed by atoms with E-state index in [0.717, 1.165) is 5.56 Å². The lowest BCUT2D eigenvalue weighted by Crippen LogP contribution is -2.25. The summed E-state index contributed by atoms with van der Waals surface area (Å²) >= 11 is 4.76. The SMILES string of the molecule is C/C(C[C@@H](c1ccccc1)c1c(O)c2ccccc2oc1=O)=N/NC(N)=S. The largest absolute Gasteiger partial charge is 0.507 e. The Bertz CT molecular complexity index is 1060. The molecule has 1 aromatic heterocycles. The smallest absolute Gasteiger partial charge is 0.343 e. The lowest BCUT2D eigenvalue weighted by atomic mass is 9.87. The molecule has 3 aromatic rings. The summed E-state index contributed by atoms with van der Waals surface area (Å²) in [6, 6.07) is 16.3. The zero-order chi connectivity index (χ0) is 19.4. The van der Waals surface area contributed by atoms with Crippen molar-refractivity contribution in [2.45, 2.75) is 19.3 Å². The van der Waals surface area contributed by atoms with E-state index < -0.39 is 11.5 Å². The van der Waals surface area contributed by atoms with Crippen LogP contribution in [-0.4, -0.2) is 15.9 Å². The van der Waals surface area contributed by atoms with E-state index in [1.165, 1.54) is 0 Å².